The highest BCUT2D eigenvalue weighted by Crippen LogP contribution is 2.19. The van der Waals surface area contributed by atoms with E-state index in [0.717, 1.165) is 6.42 Å². The molecule has 0 aromatic heterocycles. The monoisotopic (exact) mass is 258 g/mol. The number of hydrogen-bond acceptors (Lipinski definition) is 3. The highest BCUT2D eigenvalue weighted by atomic mass is 19.3. The van der Waals surface area contributed by atoms with Crippen molar-refractivity contribution in [1.82, 2.24) is 0 Å². The average Bonchev–Trinajstić information content (AvgIpc) is 2.28. The predicted molar refractivity (Wildman–Crippen MR) is 64.6 cm³/mol. The molecule has 0 unspecified atom stereocenters. The van der Waals surface area contributed by atoms with Gasteiger partial charge in [0.05, 0.1) is 6.04 Å². The van der Waals surface area contributed by atoms with E-state index in [1.807, 2.05) is 6.92 Å². The first-order valence-corrected chi connectivity index (χ1v) is 5.64. The Morgan fingerprint density at radius 3 is 2.83 bits per heavy atom. The van der Waals surface area contributed by atoms with Crippen LogP contribution in [-0.2, 0) is 4.79 Å². The third-order valence-electron chi connectivity index (χ3n) is 2.26. The van der Waals surface area contributed by atoms with Crippen LogP contribution in [0.4, 0.5) is 14.5 Å². The first-order valence-electron chi connectivity index (χ1n) is 5.64. The number of halogens is 2. The van der Waals surface area contributed by atoms with Crippen LogP contribution in [0, 0.1) is 0 Å². The van der Waals surface area contributed by atoms with E-state index in [1.54, 1.807) is 6.07 Å². The van der Waals surface area contributed by atoms with Crippen molar-refractivity contribution < 1.29 is 18.3 Å². The van der Waals surface area contributed by atoms with Gasteiger partial charge in [0.1, 0.15) is 5.75 Å². The van der Waals surface area contributed by atoms with Gasteiger partial charge in [0.15, 0.2) is 0 Å². The molecule has 0 saturated carbocycles. The van der Waals surface area contributed by atoms with Crippen molar-refractivity contribution in [2.24, 2.45) is 5.73 Å². The van der Waals surface area contributed by atoms with E-state index in [9.17, 15) is 13.6 Å². The molecule has 0 radical (unpaired) electrons. The lowest BCUT2D eigenvalue weighted by Gasteiger charge is -2.12. The molecule has 1 amide bonds. The lowest BCUT2D eigenvalue weighted by atomic mass is 10.1. The zero-order valence-electron chi connectivity index (χ0n) is 10.0. The minimum absolute atomic E-state index is 0.00753. The summed E-state index contributed by atoms with van der Waals surface area (Å²) in [6.45, 7) is -0.970. The molecule has 1 rings (SSSR count). The van der Waals surface area contributed by atoms with Gasteiger partial charge in [-0.05, 0) is 18.6 Å². The molecule has 0 bridgehead atoms. The van der Waals surface area contributed by atoms with Gasteiger partial charge in [-0.1, -0.05) is 19.4 Å². The van der Waals surface area contributed by atoms with Crippen molar-refractivity contribution in [3.63, 3.8) is 0 Å². The summed E-state index contributed by atoms with van der Waals surface area (Å²) in [7, 11) is 0. The number of hydrogen-bond donors (Lipinski definition) is 2. The van der Waals surface area contributed by atoms with Gasteiger partial charge in [0.2, 0.25) is 5.91 Å². The smallest absolute Gasteiger partial charge is 0.387 e. The number of alkyl halides is 2. The second kappa shape index (κ2) is 6.90. The summed E-state index contributed by atoms with van der Waals surface area (Å²) in [4.78, 5) is 11.6. The van der Waals surface area contributed by atoms with Crippen molar-refractivity contribution in [3.05, 3.63) is 24.3 Å². The maximum Gasteiger partial charge on any atom is 0.387 e. The Hall–Kier alpha value is -1.69. The summed E-state index contributed by atoms with van der Waals surface area (Å²) in [5, 5.41) is 2.55. The van der Waals surface area contributed by atoms with E-state index < -0.39 is 12.7 Å². The van der Waals surface area contributed by atoms with Gasteiger partial charge in [0.25, 0.3) is 0 Å². The van der Waals surface area contributed by atoms with E-state index in [0.29, 0.717) is 12.1 Å². The van der Waals surface area contributed by atoms with Crippen LogP contribution in [0.5, 0.6) is 5.75 Å². The minimum atomic E-state index is -2.89. The Balaban J connectivity index is 2.64. The van der Waals surface area contributed by atoms with Gasteiger partial charge in [-0.15, -0.1) is 0 Å². The van der Waals surface area contributed by atoms with E-state index >= 15 is 0 Å². The fourth-order valence-corrected chi connectivity index (χ4v) is 1.43. The topological polar surface area (TPSA) is 64.4 Å². The third-order valence-corrected chi connectivity index (χ3v) is 2.26. The molecular formula is C12H16F2N2O2. The number of nitrogens with two attached hydrogens (primary N) is 1. The molecule has 6 heteroatoms. The van der Waals surface area contributed by atoms with Crippen molar-refractivity contribution >= 4 is 11.6 Å². The SMILES string of the molecule is CCC[C@@H](N)C(=O)Nc1cccc(OC(F)F)c1. The highest BCUT2D eigenvalue weighted by molar-refractivity contribution is 5.94. The second-order valence-corrected chi connectivity index (χ2v) is 3.79. The number of anilines is 1. The molecule has 0 fully saturated rings. The normalized spacial score (nSPS) is 12.3. The molecule has 0 aliphatic carbocycles. The Kier molecular flexibility index (Phi) is 5.51. The molecule has 1 aromatic rings. The first-order chi connectivity index (χ1) is 8.52. The first kappa shape index (κ1) is 14.4. The van der Waals surface area contributed by atoms with Gasteiger partial charge >= 0.3 is 6.61 Å². The van der Waals surface area contributed by atoms with Gasteiger partial charge in [-0.2, -0.15) is 8.78 Å². The van der Waals surface area contributed by atoms with Crippen molar-refractivity contribution in [2.75, 3.05) is 5.32 Å². The third kappa shape index (κ3) is 4.67. The predicted octanol–water partition coefficient (Wildman–Crippen LogP) is 2.35. The fraction of sp³-hybridized carbons (Fsp3) is 0.417. The number of ether oxygens (including phenoxy) is 1. The standard InChI is InChI=1S/C12H16F2N2O2/c1-2-4-10(15)11(17)16-8-5-3-6-9(7-8)18-12(13)14/h3,5-7,10,12H,2,4,15H2,1H3,(H,16,17)/t10-/m1/s1. The average molecular weight is 258 g/mol. The van der Waals surface area contributed by atoms with E-state index in [1.165, 1.54) is 18.2 Å². The molecule has 3 N–H and O–H groups in total. The van der Waals surface area contributed by atoms with Crippen LogP contribution in [-0.4, -0.2) is 18.6 Å². The molecule has 0 heterocycles. The molecule has 0 spiro atoms. The number of nitrogens with one attached hydrogen (secondary N) is 1. The van der Waals surface area contributed by atoms with Crippen LogP contribution in [0.2, 0.25) is 0 Å². The fourth-order valence-electron chi connectivity index (χ4n) is 1.43. The summed E-state index contributed by atoms with van der Waals surface area (Å²) in [6.07, 6.45) is 1.36. The van der Waals surface area contributed by atoms with Gasteiger partial charge < -0.3 is 15.8 Å². The Morgan fingerprint density at radius 1 is 1.50 bits per heavy atom. The minimum Gasteiger partial charge on any atom is -0.435 e. The number of amides is 1. The summed E-state index contributed by atoms with van der Waals surface area (Å²) in [6, 6.07) is 5.19. The Bertz CT molecular complexity index is 399. The quantitative estimate of drug-likeness (QED) is 0.823. The van der Waals surface area contributed by atoms with Crippen LogP contribution in [0.3, 0.4) is 0 Å². The molecule has 0 aliphatic rings. The van der Waals surface area contributed by atoms with E-state index in [-0.39, 0.29) is 11.7 Å². The van der Waals surface area contributed by atoms with Crippen LogP contribution in [0.15, 0.2) is 24.3 Å². The Morgan fingerprint density at radius 2 is 2.22 bits per heavy atom. The number of benzene rings is 1. The molecule has 4 nitrogen and oxygen atoms in total. The molecular weight excluding hydrogens is 242 g/mol. The van der Waals surface area contributed by atoms with Crippen molar-refractivity contribution in [2.45, 2.75) is 32.4 Å². The zero-order valence-corrected chi connectivity index (χ0v) is 10.0. The molecule has 1 aromatic carbocycles. The molecule has 18 heavy (non-hydrogen) atoms. The van der Waals surface area contributed by atoms with Crippen molar-refractivity contribution in [3.8, 4) is 5.75 Å². The molecule has 0 aliphatic heterocycles. The van der Waals surface area contributed by atoms with E-state index in [2.05, 4.69) is 10.1 Å². The molecule has 100 valence electrons. The second-order valence-electron chi connectivity index (χ2n) is 3.79. The van der Waals surface area contributed by atoms with Crippen molar-refractivity contribution in [1.29, 1.82) is 0 Å². The maximum absolute atomic E-state index is 12.0. The zero-order chi connectivity index (χ0) is 13.5. The largest absolute Gasteiger partial charge is 0.435 e. The molecule has 1 atom stereocenters. The summed E-state index contributed by atoms with van der Waals surface area (Å²) in [5.41, 5.74) is 6.01. The Labute approximate surface area is 104 Å². The van der Waals surface area contributed by atoms with E-state index in [4.69, 9.17) is 5.73 Å². The van der Waals surface area contributed by atoms with Gasteiger partial charge in [-0.25, -0.2) is 0 Å². The van der Waals surface area contributed by atoms with Crippen LogP contribution in [0.25, 0.3) is 0 Å². The number of rotatable bonds is 6. The summed E-state index contributed by atoms with van der Waals surface area (Å²) < 4.78 is 28.3. The van der Waals surface area contributed by atoms with Gasteiger partial charge in [-0.3, -0.25) is 4.79 Å². The lowest BCUT2D eigenvalue weighted by molar-refractivity contribution is -0.117. The highest BCUT2D eigenvalue weighted by Gasteiger charge is 2.12. The summed E-state index contributed by atoms with van der Waals surface area (Å²) >= 11 is 0. The number of carbonyl (C=O) groups excluding carboxylic acids is 1. The van der Waals surface area contributed by atoms with Crippen LogP contribution >= 0.6 is 0 Å². The number of carbonyl (C=O) groups is 1. The van der Waals surface area contributed by atoms with Crippen LogP contribution in [0.1, 0.15) is 19.8 Å². The molecule has 0 saturated heterocycles. The summed E-state index contributed by atoms with van der Waals surface area (Å²) in [5.74, 6) is -0.349. The maximum atomic E-state index is 12.0. The lowest BCUT2D eigenvalue weighted by Crippen LogP contribution is -2.35. The van der Waals surface area contributed by atoms with Crippen LogP contribution < -0.4 is 15.8 Å². The van der Waals surface area contributed by atoms with Gasteiger partial charge in [0, 0.05) is 11.8 Å².